The molecule has 2 rings (SSSR count). The summed E-state index contributed by atoms with van der Waals surface area (Å²) in [6.07, 6.45) is -0.324. The van der Waals surface area contributed by atoms with Gasteiger partial charge in [-0.3, -0.25) is 4.99 Å². The molecular formula is C17H28F3IN4S. The zero-order valence-corrected chi connectivity index (χ0v) is 18.6. The van der Waals surface area contributed by atoms with E-state index < -0.39 is 11.9 Å². The first-order valence-electron chi connectivity index (χ1n) is 8.86. The molecule has 1 atom stereocenters. The maximum atomic E-state index is 12.6. The Morgan fingerprint density at radius 3 is 2.65 bits per heavy atom. The van der Waals surface area contributed by atoms with Gasteiger partial charge in [0.1, 0.15) is 0 Å². The van der Waals surface area contributed by atoms with E-state index in [9.17, 15) is 13.2 Å². The predicted octanol–water partition coefficient (Wildman–Crippen LogP) is 4.66. The van der Waals surface area contributed by atoms with Crippen molar-refractivity contribution in [2.45, 2.75) is 45.7 Å². The lowest BCUT2D eigenvalue weighted by atomic mass is 9.87. The van der Waals surface area contributed by atoms with Gasteiger partial charge in [0.05, 0.1) is 5.01 Å². The third kappa shape index (κ3) is 6.24. The fourth-order valence-electron chi connectivity index (χ4n) is 3.49. The fourth-order valence-corrected chi connectivity index (χ4v) is 4.29. The molecule has 1 aliphatic heterocycles. The number of rotatable bonds is 6. The molecule has 9 heteroatoms. The zero-order chi connectivity index (χ0) is 18.4. The summed E-state index contributed by atoms with van der Waals surface area (Å²) in [5, 5.41) is 4.83. The number of aliphatic imine (C=N–C) groups is 1. The predicted molar refractivity (Wildman–Crippen MR) is 111 cm³/mol. The normalized spacial score (nSPS) is 18.3. The number of hydrogen-bond acceptors (Lipinski definition) is 3. The summed E-state index contributed by atoms with van der Waals surface area (Å²) in [4.78, 5) is 10.2. The van der Waals surface area contributed by atoms with Gasteiger partial charge in [-0.1, -0.05) is 26.7 Å². The molecule has 26 heavy (non-hydrogen) atoms. The Bertz CT molecular complexity index is 573. The molecule has 2 heterocycles. The molecule has 150 valence electrons. The van der Waals surface area contributed by atoms with Crippen LogP contribution in [0.25, 0.3) is 0 Å². The van der Waals surface area contributed by atoms with Crippen LogP contribution in [0.1, 0.15) is 43.8 Å². The summed E-state index contributed by atoms with van der Waals surface area (Å²) in [5.41, 5.74) is -0.801. The fraction of sp³-hybridized carbons (Fsp3) is 0.765. The number of alkyl halides is 3. The van der Waals surface area contributed by atoms with Crippen molar-refractivity contribution in [3.63, 3.8) is 0 Å². The van der Waals surface area contributed by atoms with Gasteiger partial charge in [0.25, 0.3) is 0 Å². The van der Waals surface area contributed by atoms with Crippen molar-refractivity contribution in [3.05, 3.63) is 16.1 Å². The Morgan fingerprint density at radius 2 is 2.12 bits per heavy atom. The minimum Gasteiger partial charge on any atom is -0.356 e. The van der Waals surface area contributed by atoms with Crippen LogP contribution in [0.15, 0.2) is 10.4 Å². The average Bonchev–Trinajstić information content (AvgIpc) is 3.22. The SMILES string of the molecule is CCC(CC)C1CCN(C(=NC)NCCc2nc(C(F)(F)F)cs2)C1.I. The molecule has 1 aromatic heterocycles. The smallest absolute Gasteiger partial charge is 0.356 e. The van der Waals surface area contributed by atoms with Crippen molar-refractivity contribution in [1.82, 2.24) is 15.2 Å². The lowest BCUT2D eigenvalue weighted by Crippen LogP contribution is -2.41. The van der Waals surface area contributed by atoms with E-state index in [1.807, 2.05) is 0 Å². The van der Waals surface area contributed by atoms with E-state index in [1.165, 1.54) is 19.3 Å². The summed E-state index contributed by atoms with van der Waals surface area (Å²) in [5.74, 6) is 2.28. The van der Waals surface area contributed by atoms with Crippen molar-refractivity contribution in [2.75, 3.05) is 26.7 Å². The molecule has 0 spiro atoms. The van der Waals surface area contributed by atoms with E-state index in [2.05, 4.69) is 34.0 Å². The number of aromatic nitrogens is 1. The van der Waals surface area contributed by atoms with Gasteiger partial charge in [-0.05, 0) is 18.3 Å². The second-order valence-electron chi connectivity index (χ2n) is 6.42. The molecule has 1 aromatic rings. The first-order chi connectivity index (χ1) is 11.9. The van der Waals surface area contributed by atoms with E-state index in [0.717, 1.165) is 41.7 Å². The van der Waals surface area contributed by atoms with E-state index in [-0.39, 0.29) is 24.0 Å². The van der Waals surface area contributed by atoms with Gasteiger partial charge in [0.15, 0.2) is 11.7 Å². The number of halogens is 4. The molecule has 1 fully saturated rings. The molecule has 1 aliphatic rings. The van der Waals surface area contributed by atoms with Crippen molar-refractivity contribution < 1.29 is 13.2 Å². The van der Waals surface area contributed by atoms with Crippen LogP contribution in [0.5, 0.6) is 0 Å². The Hall–Kier alpha value is -0.580. The average molecular weight is 504 g/mol. The van der Waals surface area contributed by atoms with Gasteiger partial charge in [0.2, 0.25) is 0 Å². The van der Waals surface area contributed by atoms with E-state index in [0.29, 0.717) is 23.9 Å². The number of nitrogens with one attached hydrogen (secondary N) is 1. The number of guanidine groups is 1. The first kappa shape index (κ1) is 23.5. The van der Waals surface area contributed by atoms with Crippen LogP contribution in [-0.4, -0.2) is 42.5 Å². The molecule has 0 radical (unpaired) electrons. The van der Waals surface area contributed by atoms with Gasteiger partial charge in [-0.25, -0.2) is 4.98 Å². The van der Waals surface area contributed by atoms with Crippen LogP contribution < -0.4 is 5.32 Å². The molecule has 1 unspecified atom stereocenters. The third-order valence-corrected chi connectivity index (χ3v) is 5.82. The van der Waals surface area contributed by atoms with Crippen molar-refractivity contribution in [3.8, 4) is 0 Å². The van der Waals surface area contributed by atoms with Crippen LogP contribution in [0.4, 0.5) is 13.2 Å². The van der Waals surface area contributed by atoms with Crippen LogP contribution in [0, 0.1) is 11.8 Å². The van der Waals surface area contributed by atoms with E-state index in [4.69, 9.17) is 0 Å². The van der Waals surface area contributed by atoms with E-state index >= 15 is 0 Å². The zero-order valence-electron chi connectivity index (χ0n) is 15.5. The molecule has 1 N–H and O–H groups in total. The maximum absolute atomic E-state index is 12.6. The van der Waals surface area contributed by atoms with Crippen LogP contribution in [-0.2, 0) is 12.6 Å². The molecule has 0 aromatic carbocycles. The number of hydrogen-bond donors (Lipinski definition) is 1. The highest BCUT2D eigenvalue weighted by molar-refractivity contribution is 14.0. The minimum absolute atomic E-state index is 0. The van der Waals surface area contributed by atoms with Gasteiger partial charge in [-0.2, -0.15) is 13.2 Å². The Balaban J connectivity index is 0.00000338. The van der Waals surface area contributed by atoms with Gasteiger partial charge >= 0.3 is 6.18 Å². The Morgan fingerprint density at radius 1 is 1.42 bits per heavy atom. The second kappa shape index (κ2) is 10.7. The largest absolute Gasteiger partial charge is 0.434 e. The van der Waals surface area contributed by atoms with Gasteiger partial charge in [-0.15, -0.1) is 35.3 Å². The molecule has 0 aliphatic carbocycles. The van der Waals surface area contributed by atoms with Crippen molar-refractivity contribution in [1.29, 1.82) is 0 Å². The quantitative estimate of drug-likeness (QED) is 0.348. The van der Waals surface area contributed by atoms with E-state index in [1.54, 1.807) is 7.05 Å². The molecule has 0 bridgehead atoms. The molecule has 1 saturated heterocycles. The second-order valence-corrected chi connectivity index (χ2v) is 7.36. The lowest BCUT2D eigenvalue weighted by molar-refractivity contribution is -0.140. The summed E-state index contributed by atoms with van der Waals surface area (Å²) >= 11 is 1.05. The monoisotopic (exact) mass is 504 g/mol. The highest BCUT2D eigenvalue weighted by atomic mass is 127. The number of likely N-dealkylation sites (tertiary alicyclic amines) is 1. The van der Waals surface area contributed by atoms with Crippen LogP contribution in [0.3, 0.4) is 0 Å². The van der Waals surface area contributed by atoms with Crippen molar-refractivity contribution >= 4 is 41.3 Å². The number of thiazole rings is 1. The van der Waals surface area contributed by atoms with Gasteiger partial charge < -0.3 is 10.2 Å². The van der Waals surface area contributed by atoms with Gasteiger partial charge in [0, 0.05) is 38.5 Å². The van der Waals surface area contributed by atoms with Crippen molar-refractivity contribution in [2.24, 2.45) is 16.8 Å². The summed E-state index contributed by atoms with van der Waals surface area (Å²) in [6, 6.07) is 0. The first-order valence-corrected chi connectivity index (χ1v) is 9.74. The summed E-state index contributed by atoms with van der Waals surface area (Å²) in [7, 11) is 1.75. The highest BCUT2D eigenvalue weighted by Crippen LogP contribution is 2.30. The Labute approximate surface area is 174 Å². The Kier molecular flexibility index (Phi) is 9.63. The molecule has 0 saturated carbocycles. The standard InChI is InChI=1S/C17H27F3N4S.HI/c1-4-12(5-2)13-7-9-24(10-13)16(21-3)22-8-6-15-23-14(11-25-15)17(18,19)20;/h11-13H,4-10H2,1-3H3,(H,21,22);1H. The highest BCUT2D eigenvalue weighted by Gasteiger charge is 2.33. The minimum atomic E-state index is -4.36. The summed E-state index contributed by atoms with van der Waals surface area (Å²) in [6.45, 7) is 7.00. The van der Waals surface area contributed by atoms with Crippen LogP contribution in [0.2, 0.25) is 0 Å². The molecule has 0 amide bonds. The topological polar surface area (TPSA) is 40.5 Å². The summed E-state index contributed by atoms with van der Waals surface area (Å²) < 4.78 is 37.7. The number of nitrogens with zero attached hydrogens (tertiary/aromatic N) is 3. The maximum Gasteiger partial charge on any atom is 0.434 e. The lowest BCUT2D eigenvalue weighted by Gasteiger charge is -2.24. The third-order valence-electron chi connectivity index (χ3n) is 4.92. The molecular weight excluding hydrogens is 476 g/mol. The van der Waals surface area contributed by atoms with Crippen LogP contribution >= 0.6 is 35.3 Å². The molecule has 4 nitrogen and oxygen atoms in total.